The summed E-state index contributed by atoms with van der Waals surface area (Å²) in [5, 5.41) is 9.38. The van der Waals surface area contributed by atoms with Gasteiger partial charge in [-0.05, 0) is 116 Å². The minimum atomic E-state index is -0.627. The zero-order chi connectivity index (χ0) is 32.2. The summed E-state index contributed by atoms with van der Waals surface area (Å²) in [5.74, 6) is -0.870. The van der Waals surface area contributed by atoms with Crippen molar-refractivity contribution in [1.82, 2.24) is 0 Å². The van der Waals surface area contributed by atoms with E-state index >= 15 is 0 Å². The van der Waals surface area contributed by atoms with Gasteiger partial charge in [-0.2, -0.15) is 0 Å². The number of ether oxygens (including phenoxy) is 5. The smallest absolute Gasteiger partial charge is 0.343 e. The van der Waals surface area contributed by atoms with E-state index in [0.29, 0.717) is 42.9 Å². The highest BCUT2D eigenvalue weighted by Gasteiger charge is 2.15. The molecule has 0 heterocycles. The van der Waals surface area contributed by atoms with Gasteiger partial charge in [-0.3, -0.25) is 0 Å². The lowest BCUT2D eigenvalue weighted by Gasteiger charge is -2.10. The predicted octanol–water partition coefficient (Wildman–Crippen LogP) is 6.25. The Morgan fingerprint density at radius 2 is 1.13 bits per heavy atom. The highest BCUT2D eigenvalue weighted by Crippen LogP contribution is 2.24. The Bertz CT molecular complexity index is 1660. The second-order valence-corrected chi connectivity index (χ2v) is 9.62. The molecule has 1 N–H and O–H groups in total. The molecule has 0 spiro atoms. The molecule has 0 aliphatic rings. The van der Waals surface area contributed by atoms with Gasteiger partial charge in [0.15, 0.2) is 0 Å². The third kappa shape index (κ3) is 9.55. The van der Waals surface area contributed by atoms with Gasteiger partial charge in [0.25, 0.3) is 0 Å². The monoisotopic (exact) mass is 610 g/mol. The lowest BCUT2D eigenvalue weighted by molar-refractivity contribution is -0.137. The number of rotatable bonds is 13. The third-order valence-electron chi connectivity index (χ3n) is 6.27. The van der Waals surface area contributed by atoms with Gasteiger partial charge in [0.05, 0.1) is 29.9 Å². The summed E-state index contributed by atoms with van der Waals surface area (Å²) in [6.45, 7) is 5.74. The molecule has 0 saturated heterocycles. The number of aryl methyl sites for hydroxylation is 1. The lowest BCUT2D eigenvalue weighted by Crippen LogP contribution is -2.11. The summed E-state index contributed by atoms with van der Waals surface area (Å²) in [6, 6.07) is 22.6. The summed E-state index contributed by atoms with van der Waals surface area (Å²) in [7, 11) is 0. The van der Waals surface area contributed by atoms with Gasteiger partial charge in [0, 0.05) is 6.08 Å². The average molecular weight is 611 g/mol. The molecule has 0 aliphatic carbocycles. The van der Waals surface area contributed by atoms with Gasteiger partial charge < -0.3 is 28.8 Å². The van der Waals surface area contributed by atoms with Crippen molar-refractivity contribution in [3.8, 4) is 28.7 Å². The number of carbonyl (C=O) groups is 4. The van der Waals surface area contributed by atoms with Crippen LogP contribution in [0, 0.1) is 6.92 Å². The zero-order valence-corrected chi connectivity index (χ0v) is 24.4. The van der Waals surface area contributed by atoms with Gasteiger partial charge in [0.2, 0.25) is 0 Å². The van der Waals surface area contributed by atoms with Crippen molar-refractivity contribution < 1.29 is 48.0 Å². The lowest BCUT2D eigenvalue weighted by atomic mass is 10.1. The van der Waals surface area contributed by atoms with Crippen molar-refractivity contribution in [3.63, 3.8) is 0 Å². The van der Waals surface area contributed by atoms with Crippen molar-refractivity contribution in [1.29, 1.82) is 0 Å². The molecule has 230 valence electrons. The summed E-state index contributed by atoms with van der Waals surface area (Å²) in [4.78, 5) is 48.6. The van der Waals surface area contributed by atoms with Crippen molar-refractivity contribution in [2.75, 3.05) is 13.2 Å². The van der Waals surface area contributed by atoms with Crippen LogP contribution in [0.25, 0.3) is 0 Å². The van der Waals surface area contributed by atoms with E-state index in [4.69, 9.17) is 23.7 Å². The molecule has 0 unspecified atom stereocenters. The number of phenols is 1. The molecule has 10 nitrogen and oxygen atoms in total. The number of phenolic OH excluding ortho intramolecular Hbond substituents is 1. The van der Waals surface area contributed by atoms with Crippen LogP contribution in [-0.2, 0) is 9.53 Å². The summed E-state index contributed by atoms with van der Waals surface area (Å²) >= 11 is 0. The van der Waals surface area contributed by atoms with E-state index in [0.717, 1.165) is 6.08 Å². The first-order chi connectivity index (χ1) is 21.7. The van der Waals surface area contributed by atoms with E-state index in [1.807, 2.05) is 0 Å². The van der Waals surface area contributed by atoms with Crippen LogP contribution in [0.1, 0.15) is 49.5 Å². The molecule has 0 aliphatic heterocycles. The van der Waals surface area contributed by atoms with E-state index in [2.05, 4.69) is 6.58 Å². The van der Waals surface area contributed by atoms with E-state index in [-0.39, 0.29) is 34.1 Å². The fraction of sp³-hybridized carbons (Fsp3) is 0.143. The minimum Gasteiger partial charge on any atom is -0.508 e. The maximum atomic E-state index is 12.7. The molecule has 4 rings (SSSR count). The Morgan fingerprint density at radius 3 is 1.71 bits per heavy atom. The molecule has 0 bridgehead atoms. The van der Waals surface area contributed by atoms with Gasteiger partial charge in [-0.1, -0.05) is 6.58 Å². The number of hydrogen-bond donors (Lipinski definition) is 1. The van der Waals surface area contributed by atoms with Crippen LogP contribution < -0.4 is 18.9 Å². The Kier molecular flexibility index (Phi) is 11.1. The summed E-state index contributed by atoms with van der Waals surface area (Å²) in [6.07, 6.45) is 2.45. The van der Waals surface area contributed by atoms with Crippen molar-refractivity contribution in [3.05, 3.63) is 126 Å². The second kappa shape index (κ2) is 15.5. The van der Waals surface area contributed by atoms with E-state index < -0.39 is 23.9 Å². The SMILES string of the molecule is C=CC(=O)OCCCCOc1ccc(C(=O)Oc2ccc(OC(=O)c3ccc(OC(=O)c4ccc(O)cc4)c(C)c3)cc2)cc1. The summed E-state index contributed by atoms with van der Waals surface area (Å²) < 4.78 is 26.8. The molecule has 0 radical (unpaired) electrons. The van der Waals surface area contributed by atoms with Crippen LogP contribution in [0.15, 0.2) is 104 Å². The van der Waals surface area contributed by atoms with Crippen LogP contribution in [0.4, 0.5) is 0 Å². The Morgan fingerprint density at radius 1 is 0.644 bits per heavy atom. The summed E-state index contributed by atoms with van der Waals surface area (Å²) in [5.41, 5.74) is 1.38. The molecule has 0 atom stereocenters. The Balaban J connectivity index is 1.24. The predicted molar refractivity (Wildman–Crippen MR) is 163 cm³/mol. The number of benzene rings is 4. The minimum absolute atomic E-state index is 0.0331. The highest BCUT2D eigenvalue weighted by molar-refractivity contribution is 5.93. The molecule has 10 heteroatoms. The fourth-order valence-corrected chi connectivity index (χ4v) is 3.87. The second-order valence-electron chi connectivity index (χ2n) is 9.62. The van der Waals surface area contributed by atoms with E-state index in [1.54, 1.807) is 31.2 Å². The van der Waals surface area contributed by atoms with E-state index in [9.17, 15) is 24.3 Å². The molecule has 0 saturated carbocycles. The van der Waals surface area contributed by atoms with Crippen molar-refractivity contribution >= 4 is 23.9 Å². The van der Waals surface area contributed by atoms with Crippen molar-refractivity contribution in [2.24, 2.45) is 0 Å². The molecule has 0 amide bonds. The molecule has 0 fully saturated rings. The standard InChI is InChI=1S/C35H30O10/c1-3-32(37)42-21-5-4-20-41-28-13-8-25(9-14-28)33(38)43-29-15-17-30(18-16-29)44-35(40)26-10-19-31(23(2)22-26)45-34(39)24-6-11-27(36)12-7-24/h3,6-19,22,36H,1,4-5,20-21H2,2H3. The maximum absolute atomic E-state index is 12.7. The first-order valence-electron chi connectivity index (χ1n) is 13.9. The van der Waals surface area contributed by atoms with Crippen LogP contribution in [0.3, 0.4) is 0 Å². The highest BCUT2D eigenvalue weighted by atomic mass is 16.5. The first kappa shape index (κ1) is 32.0. The molecular weight excluding hydrogens is 580 g/mol. The van der Waals surface area contributed by atoms with Crippen LogP contribution in [0.2, 0.25) is 0 Å². The maximum Gasteiger partial charge on any atom is 0.343 e. The molecule has 45 heavy (non-hydrogen) atoms. The third-order valence-corrected chi connectivity index (χ3v) is 6.27. The van der Waals surface area contributed by atoms with Gasteiger partial charge in [-0.15, -0.1) is 0 Å². The molecule has 4 aromatic rings. The quantitative estimate of drug-likeness (QED) is 0.0801. The Labute approximate surface area is 259 Å². The van der Waals surface area contributed by atoms with Gasteiger partial charge >= 0.3 is 23.9 Å². The van der Waals surface area contributed by atoms with E-state index in [1.165, 1.54) is 66.7 Å². The number of aromatic hydroxyl groups is 1. The largest absolute Gasteiger partial charge is 0.508 e. The van der Waals surface area contributed by atoms with Crippen LogP contribution >= 0.6 is 0 Å². The van der Waals surface area contributed by atoms with Crippen molar-refractivity contribution in [2.45, 2.75) is 19.8 Å². The van der Waals surface area contributed by atoms with Crippen LogP contribution in [-0.4, -0.2) is 42.2 Å². The topological polar surface area (TPSA) is 135 Å². The van der Waals surface area contributed by atoms with Crippen LogP contribution in [0.5, 0.6) is 28.7 Å². The number of hydrogen-bond acceptors (Lipinski definition) is 10. The molecular formula is C35H30O10. The number of carbonyl (C=O) groups excluding carboxylic acids is 4. The number of unbranched alkanes of at least 4 members (excludes halogenated alkanes) is 1. The Hall–Kier alpha value is -5.90. The normalized spacial score (nSPS) is 10.3. The molecule has 0 aromatic heterocycles. The first-order valence-corrected chi connectivity index (χ1v) is 13.9. The average Bonchev–Trinajstić information content (AvgIpc) is 3.04. The number of esters is 4. The molecule has 4 aromatic carbocycles. The zero-order valence-electron chi connectivity index (χ0n) is 24.4. The van der Waals surface area contributed by atoms with Gasteiger partial charge in [0.1, 0.15) is 28.7 Å². The fourth-order valence-electron chi connectivity index (χ4n) is 3.87. The van der Waals surface area contributed by atoms with Gasteiger partial charge in [-0.25, -0.2) is 19.2 Å².